The molecule has 0 aliphatic heterocycles. The monoisotopic (exact) mass is 500 g/mol. The number of aryl methyl sites for hydroxylation is 1. The van der Waals surface area contributed by atoms with Gasteiger partial charge >= 0.3 is 0 Å². The number of carbonyl (C=O) groups is 2. The highest BCUT2D eigenvalue weighted by Crippen LogP contribution is 2.35. The van der Waals surface area contributed by atoms with Gasteiger partial charge in [-0.3, -0.25) is 9.59 Å². The lowest BCUT2D eigenvalue weighted by Gasteiger charge is -2.10. The van der Waals surface area contributed by atoms with Crippen LogP contribution >= 0.6 is 11.3 Å². The number of amides is 1. The summed E-state index contributed by atoms with van der Waals surface area (Å²) in [5, 5.41) is 5.90. The van der Waals surface area contributed by atoms with Crippen molar-refractivity contribution in [3.05, 3.63) is 81.9 Å². The van der Waals surface area contributed by atoms with Crippen molar-refractivity contribution < 1.29 is 19.1 Å². The Morgan fingerprint density at radius 1 is 1.03 bits per heavy atom. The average molecular weight is 501 g/mol. The first-order valence-electron chi connectivity index (χ1n) is 11.5. The molecule has 0 spiro atoms. The number of carbonyl (C=O) groups excluding carboxylic acids is 2. The van der Waals surface area contributed by atoms with Crippen molar-refractivity contribution in [2.75, 3.05) is 20.8 Å². The van der Waals surface area contributed by atoms with Gasteiger partial charge in [0.2, 0.25) is 0 Å². The normalized spacial score (nSPS) is 10.7. The van der Waals surface area contributed by atoms with Gasteiger partial charge in [-0.25, -0.2) is 4.98 Å². The van der Waals surface area contributed by atoms with Crippen LogP contribution in [-0.2, 0) is 0 Å². The molecular formula is C29H28N2O4S. The van der Waals surface area contributed by atoms with Crippen LogP contribution in [0.25, 0.3) is 27.4 Å². The Labute approximate surface area is 214 Å². The minimum atomic E-state index is -0.385. The molecule has 0 bridgehead atoms. The summed E-state index contributed by atoms with van der Waals surface area (Å²) in [6, 6.07) is 14.8. The Bertz CT molecular complexity index is 1480. The van der Waals surface area contributed by atoms with Crippen molar-refractivity contribution in [3.8, 4) is 22.8 Å². The number of methoxy groups -OCH3 is 2. The molecule has 7 heteroatoms. The molecule has 0 aliphatic rings. The van der Waals surface area contributed by atoms with Crippen LogP contribution in [0, 0.1) is 6.92 Å². The molecule has 4 aromatic rings. The molecule has 0 saturated heterocycles. The van der Waals surface area contributed by atoms with Crippen molar-refractivity contribution in [1.82, 2.24) is 10.3 Å². The van der Waals surface area contributed by atoms with Gasteiger partial charge in [0.1, 0.15) is 5.69 Å². The lowest BCUT2D eigenvalue weighted by atomic mass is 10.0. The standard InChI is InChI=1S/C29H28N2O4S/c1-17(2)11-19-12-23(22-16-36-28-18(3)7-6-8-21(22)28)31-24(13-19)25(32)15-30-29(33)20-9-10-26(34-4)27(14-20)35-5/h6-14,16H,15H2,1-5H3,(H,30,33). The van der Waals surface area contributed by atoms with Crippen LogP contribution < -0.4 is 14.8 Å². The van der Waals surface area contributed by atoms with Crippen molar-refractivity contribution >= 4 is 39.2 Å². The highest BCUT2D eigenvalue weighted by molar-refractivity contribution is 7.18. The summed E-state index contributed by atoms with van der Waals surface area (Å²) < 4.78 is 11.7. The number of benzene rings is 2. The molecular weight excluding hydrogens is 472 g/mol. The van der Waals surface area contributed by atoms with Crippen LogP contribution in [0.2, 0.25) is 0 Å². The van der Waals surface area contributed by atoms with Crippen LogP contribution in [0.4, 0.5) is 0 Å². The van der Waals surface area contributed by atoms with E-state index in [1.54, 1.807) is 35.6 Å². The number of hydrogen-bond acceptors (Lipinski definition) is 6. The zero-order chi connectivity index (χ0) is 25.8. The summed E-state index contributed by atoms with van der Waals surface area (Å²) in [6.45, 7) is 5.93. The van der Waals surface area contributed by atoms with E-state index in [0.29, 0.717) is 22.8 Å². The molecule has 0 saturated carbocycles. The number of allylic oxidation sites excluding steroid dienone is 1. The van der Waals surface area contributed by atoms with Gasteiger partial charge < -0.3 is 14.8 Å². The van der Waals surface area contributed by atoms with E-state index in [4.69, 9.17) is 14.5 Å². The fourth-order valence-corrected chi connectivity index (χ4v) is 5.02. The largest absolute Gasteiger partial charge is 0.493 e. The maximum Gasteiger partial charge on any atom is 0.251 e. The van der Waals surface area contributed by atoms with E-state index < -0.39 is 0 Å². The van der Waals surface area contributed by atoms with Crippen LogP contribution in [0.5, 0.6) is 11.5 Å². The zero-order valence-corrected chi connectivity index (χ0v) is 21.8. The summed E-state index contributed by atoms with van der Waals surface area (Å²) in [7, 11) is 3.03. The van der Waals surface area contributed by atoms with Crippen molar-refractivity contribution in [2.24, 2.45) is 0 Å². The summed E-state index contributed by atoms with van der Waals surface area (Å²) in [5.41, 5.74) is 5.60. The van der Waals surface area contributed by atoms with E-state index in [1.807, 2.05) is 32.1 Å². The van der Waals surface area contributed by atoms with Gasteiger partial charge in [0.15, 0.2) is 17.3 Å². The molecule has 1 amide bonds. The van der Waals surface area contributed by atoms with Crippen LogP contribution in [0.3, 0.4) is 0 Å². The molecule has 0 radical (unpaired) electrons. The number of Topliss-reactive ketones (excluding diaryl/α,β-unsaturated/α-hetero) is 1. The first-order valence-corrected chi connectivity index (χ1v) is 12.4. The SMILES string of the molecule is COc1ccc(C(=O)NCC(=O)c2cc(C=C(C)C)cc(-c3csc4c(C)cccc34)n2)cc1OC. The fourth-order valence-electron chi connectivity index (χ4n) is 3.98. The van der Waals surface area contributed by atoms with Crippen LogP contribution in [0.1, 0.15) is 45.8 Å². The molecule has 2 aromatic carbocycles. The van der Waals surface area contributed by atoms with Gasteiger partial charge in [-0.2, -0.15) is 0 Å². The van der Waals surface area contributed by atoms with Crippen LogP contribution in [0.15, 0.2) is 59.5 Å². The number of fused-ring (bicyclic) bond motifs is 1. The van der Waals surface area contributed by atoms with E-state index in [2.05, 4.69) is 29.8 Å². The van der Waals surface area contributed by atoms with E-state index in [0.717, 1.165) is 27.8 Å². The molecule has 0 fully saturated rings. The molecule has 1 N–H and O–H groups in total. The first kappa shape index (κ1) is 25.1. The molecule has 6 nitrogen and oxygen atoms in total. The van der Waals surface area contributed by atoms with Gasteiger partial charge in [-0.15, -0.1) is 11.3 Å². The molecule has 4 rings (SSSR count). The molecule has 0 atom stereocenters. The number of aromatic nitrogens is 1. The minimum absolute atomic E-state index is 0.179. The second-order valence-electron chi connectivity index (χ2n) is 8.67. The van der Waals surface area contributed by atoms with Gasteiger partial charge in [-0.1, -0.05) is 29.8 Å². The van der Waals surface area contributed by atoms with E-state index in [1.165, 1.54) is 24.5 Å². The third kappa shape index (κ3) is 5.31. The number of ether oxygens (including phenoxy) is 2. The van der Waals surface area contributed by atoms with E-state index in [-0.39, 0.29) is 18.2 Å². The van der Waals surface area contributed by atoms with Gasteiger partial charge in [0.05, 0.1) is 26.5 Å². The quantitative estimate of drug-likeness (QED) is 0.286. The predicted molar refractivity (Wildman–Crippen MR) is 145 cm³/mol. The maximum atomic E-state index is 13.1. The smallest absolute Gasteiger partial charge is 0.251 e. The number of nitrogens with one attached hydrogen (secondary N) is 1. The lowest BCUT2D eigenvalue weighted by Crippen LogP contribution is -2.30. The predicted octanol–water partition coefficient (Wildman–Crippen LogP) is 6.32. The zero-order valence-electron chi connectivity index (χ0n) is 21.0. The Hall–Kier alpha value is -3.97. The summed E-state index contributed by atoms with van der Waals surface area (Å²) in [6.07, 6.45) is 2.02. The summed E-state index contributed by atoms with van der Waals surface area (Å²) in [4.78, 5) is 30.5. The number of nitrogens with zero attached hydrogens (tertiary/aromatic N) is 1. The molecule has 36 heavy (non-hydrogen) atoms. The number of thiophene rings is 1. The van der Waals surface area contributed by atoms with E-state index >= 15 is 0 Å². The molecule has 0 aliphatic carbocycles. The topological polar surface area (TPSA) is 77.5 Å². The third-order valence-electron chi connectivity index (χ3n) is 5.72. The Kier molecular flexibility index (Phi) is 7.50. The van der Waals surface area contributed by atoms with Gasteiger partial charge in [0.25, 0.3) is 5.91 Å². The molecule has 2 aromatic heterocycles. The van der Waals surface area contributed by atoms with Crippen LogP contribution in [-0.4, -0.2) is 37.4 Å². The Morgan fingerprint density at radius 2 is 1.81 bits per heavy atom. The highest BCUT2D eigenvalue weighted by Gasteiger charge is 2.17. The van der Waals surface area contributed by atoms with Gasteiger partial charge in [0, 0.05) is 26.6 Å². The Balaban J connectivity index is 1.62. The average Bonchev–Trinajstić information content (AvgIpc) is 3.31. The Morgan fingerprint density at radius 3 is 2.53 bits per heavy atom. The molecule has 2 heterocycles. The number of rotatable bonds is 8. The van der Waals surface area contributed by atoms with Crippen molar-refractivity contribution in [3.63, 3.8) is 0 Å². The minimum Gasteiger partial charge on any atom is -0.493 e. The maximum absolute atomic E-state index is 13.1. The van der Waals surface area contributed by atoms with Crippen molar-refractivity contribution in [2.45, 2.75) is 20.8 Å². The van der Waals surface area contributed by atoms with Crippen molar-refractivity contribution in [1.29, 1.82) is 0 Å². The fraction of sp³-hybridized carbons (Fsp3) is 0.207. The third-order valence-corrected chi connectivity index (χ3v) is 6.85. The van der Waals surface area contributed by atoms with E-state index in [9.17, 15) is 9.59 Å². The second-order valence-corrected chi connectivity index (χ2v) is 9.55. The second kappa shape index (κ2) is 10.7. The summed E-state index contributed by atoms with van der Waals surface area (Å²) in [5.74, 6) is 0.304. The molecule has 184 valence electrons. The number of hydrogen-bond donors (Lipinski definition) is 1. The highest BCUT2D eigenvalue weighted by atomic mass is 32.1. The van der Waals surface area contributed by atoms with Gasteiger partial charge in [-0.05, 0) is 62.2 Å². The first-order chi connectivity index (χ1) is 17.3. The number of pyridine rings is 1. The molecule has 0 unspecified atom stereocenters. The lowest BCUT2D eigenvalue weighted by molar-refractivity contribution is 0.0902. The summed E-state index contributed by atoms with van der Waals surface area (Å²) >= 11 is 1.67. The number of ketones is 1.